The largest absolute Gasteiger partial charge is 0.397 e. The average Bonchev–Trinajstić information content (AvgIpc) is 2.89. The van der Waals surface area contributed by atoms with Gasteiger partial charge in [-0.05, 0) is 18.9 Å². The van der Waals surface area contributed by atoms with Crippen LogP contribution in [0, 0.1) is 5.92 Å². The zero-order chi connectivity index (χ0) is 11.0. The Morgan fingerprint density at radius 1 is 1.60 bits per heavy atom. The summed E-state index contributed by atoms with van der Waals surface area (Å²) >= 11 is 1.48. The number of anilines is 2. The van der Waals surface area contributed by atoms with Crippen molar-refractivity contribution in [2.24, 2.45) is 5.92 Å². The summed E-state index contributed by atoms with van der Waals surface area (Å²) in [7, 11) is 0. The molecule has 1 aromatic heterocycles. The Hall–Kier alpha value is -1.03. The third-order valence-electron chi connectivity index (χ3n) is 2.43. The number of nitrogens with one attached hydrogen (secondary N) is 1. The van der Waals surface area contributed by atoms with E-state index in [1.807, 2.05) is 19.9 Å². The summed E-state index contributed by atoms with van der Waals surface area (Å²) in [5.41, 5.74) is 6.44. The lowest BCUT2D eigenvalue weighted by molar-refractivity contribution is 0.0944. The minimum atomic E-state index is 0.0136. The van der Waals surface area contributed by atoms with Crippen molar-refractivity contribution in [2.45, 2.75) is 32.7 Å². The van der Waals surface area contributed by atoms with Gasteiger partial charge >= 0.3 is 0 Å². The molecular formula is C11H16N2OS. The van der Waals surface area contributed by atoms with Crippen LogP contribution < -0.4 is 11.1 Å². The lowest BCUT2D eigenvalue weighted by atomic mass is 10.1. The molecule has 82 valence electrons. The normalized spacial score (nSPS) is 15.7. The van der Waals surface area contributed by atoms with E-state index >= 15 is 0 Å². The zero-order valence-electron chi connectivity index (χ0n) is 9.04. The van der Waals surface area contributed by atoms with E-state index in [-0.39, 0.29) is 11.7 Å². The van der Waals surface area contributed by atoms with E-state index in [2.05, 4.69) is 5.32 Å². The van der Waals surface area contributed by atoms with Crippen molar-refractivity contribution in [1.82, 2.24) is 0 Å². The van der Waals surface area contributed by atoms with Crippen molar-refractivity contribution < 1.29 is 4.79 Å². The molecule has 3 N–H and O–H groups in total. The topological polar surface area (TPSA) is 55.1 Å². The van der Waals surface area contributed by atoms with E-state index in [1.165, 1.54) is 24.2 Å². The summed E-state index contributed by atoms with van der Waals surface area (Å²) in [5, 5.41) is 4.38. The molecule has 0 radical (unpaired) electrons. The van der Waals surface area contributed by atoms with Crippen LogP contribution in [0.1, 0.15) is 36.4 Å². The van der Waals surface area contributed by atoms with Gasteiger partial charge in [0.05, 0.1) is 15.6 Å². The van der Waals surface area contributed by atoms with Crippen LogP contribution in [-0.4, -0.2) is 11.8 Å². The molecule has 1 fully saturated rings. The summed E-state index contributed by atoms with van der Waals surface area (Å²) in [4.78, 5) is 12.5. The van der Waals surface area contributed by atoms with Crippen molar-refractivity contribution in [3.05, 3.63) is 10.9 Å². The molecule has 0 aromatic carbocycles. The molecule has 15 heavy (non-hydrogen) atoms. The van der Waals surface area contributed by atoms with Crippen molar-refractivity contribution >= 4 is 27.8 Å². The Labute approximate surface area is 93.7 Å². The Morgan fingerprint density at radius 3 is 2.80 bits per heavy atom. The molecule has 3 nitrogen and oxygen atoms in total. The number of ketones is 1. The van der Waals surface area contributed by atoms with Crippen LogP contribution in [-0.2, 0) is 0 Å². The van der Waals surface area contributed by atoms with E-state index in [9.17, 15) is 4.79 Å². The number of nitrogens with two attached hydrogens (primary N) is 1. The maximum absolute atomic E-state index is 11.8. The first-order chi connectivity index (χ1) is 7.08. The second-order valence-electron chi connectivity index (χ2n) is 4.33. The number of thiophene rings is 1. The van der Waals surface area contributed by atoms with Gasteiger partial charge in [0.2, 0.25) is 0 Å². The van der Waals surface area contributed by atoms with Crippen LogP contribution in [0.25, 0.3) is 0 Å². The molecule has 1 aromatic rings. The Morgan fingerprint density at radius 2 is 2.27 bits per heavy atom. The first-order valence-corrected chi connectivity index (χ1v) is 6.09. The van der Waals surface area contributed by atoms with E-state index in [4.69, 9.17) is 5.73 Å². The highest BCUT2D eigenvalue weighted by Crippen LogP contribution is 2.34. The number of hydrogen-bond donors (Lipinski definition) is 2. The van der Waals surface area contributed by atoms with Gasteiger partial charge in [-0.25, -0.2) is 0 Å². The van der Waals surface area contributed by atoms with E-state index in [0.29, 0.717) is 16.6 Å². The predicted octanol–water partition coefficient (Wildman–Crippen LogP) is 2.74. The Bertz CT molecular complexity index is 380. The van der Waals surface area contributed by atoms with Crippen molar-refractivity contribution in [2.75, 3.05) is 11.1 Å². The minimum absolute atomic E-state index is 0.0136. The number of rotatable bonds is 4. The van der Waals surface area contributed by atoms with E-state index < -0.39 is 0 Å². The molecule has 0 saturated heterocycles. The van der Waals surface area contributed by atoms with Gasteiger partial charge in [-0.2, -0.15) is 0 Å². The number of hydrogen-bond acceptors (Lipinski definition) is 4. The SMILES string of the molecule is CC(C)C(=O)c1sc(NC2CC2)cc1N. The lowest BCUT2D eigenvalue weighted by Gasteiger charge is -2.01. The van der Waals surface area contributed by atoms with Crippen LogP contribution in [0.5, 0.6) is 0 Å². The molecule has 0 unspecified atom stereocenters. The van der Waals surface area contributed by atoms with Crippen LogP contribution >= 0.6 is 11.3 Å². The van der Waals surface area contributed by atoms with E-state index in [1.54, 1.807) is 0 Å². The number of Topliss-reactive ketones (excluding diaryl/α,β-unsaturated/α-hetero) is 1. The lowest BCUT2D eigenvalue weighted by Crippen LogP contribution is -2.07. The first kappa shape index (κ1) is 10.5. The van der Waals surface area contributed by atoms with Gasteiger partial charge in [-0.15, -0.1) is 11.3 Å². The van der Waals surface area contributed by atoms with Gasteiger partial charge in [0.1, 0.15) is 0 Å². The highest BCUT2D eigenvalue weighted by molar-refractivity contribution is 7.18. The number of carbonyl (C=O) groups is 1. The molecule has 1 saturated carbocycles. The van der Waals surface area contributed by atoms with Gasteiger partial charge in [0.15, 0.2) is 5.78 Å². The summed E-state index contributed by atoms with van der Waals surface area (Å²) in [6.07, 6.45) is 2.45. The van der Waals surface area contributed by atoms with Crippen molar-refractivity contribution in [3.63, 3.8) is 0 Å². The number of carbonyl (C=O) groups excluding carboxylic acids is 1. The van der Waals surface area contributed by atoms with Gasteiger partial charge in [0, 0.05) is 12.0 Å². The molecule has 0 amide bonds. The fourth-order valence-corrected chi connectivity index (χ4v) is 2.50. The molecule has 0 spiro atoms. The summed E-state index contributed by atoms with van der Waals surface area (Å²) < 4.78 is 0. The van der Waals surface area contributed by atoms with Crippen molar-refractivity contribution in [1.29, 1.82) is 0 Å². The van der Waals surface area contributed by atoms with Crippen LogP contribution in [0.2, 0.25) is 0 Å². The molecule has 1 aliphatic carbocycles. The molecule has 1 heterocycles. The minimum Gasteiger partial charge on any atom is -0.397 e. The fourth-order valence-electron chi connectivity index (χ4n) is 1.36. The van der Waals surface area contributed by atoms with Gasteiger partial charge in [-0.3, -0.25) is 4.79 Å². The third kappa shape index (κ3) is 2.31. The van der Waals surface area contributed by atoms with E-state index in [0.717, 1.165) is 5.00 Å². The molecule has 1 aliphatic rings. The second-order valence-corrected chi connectivity index (χ2v) is 5.38. The zero-order valence-corrected chi connectivity index (χ0v) is 9.86. The fraction of sp³-hybridized carbons (Fsp3) is 0.545. The summed E-state index contributed by atoms with van der Waals surface area (Å²) in [5.74, 6) is 0.154. The first-order valence-electron chi connectivity index (χ1n) is 5.28. The Kier molecular flexibility index (Phi) is 2.69. The maximum atomic E-state index is 11.8. The maximum Gasteiger partial charge on any atom is 0.177 e. The molecule has 0 atom stereocenters. The quantitative estimate of drug-likeness (QED) is 0.773. The van der Waals surface area contributed by atoms with Crippen molar-refractivity contribution in [3.8, 4) is 0 Å². The molecule has 0 aliphatic heterocycles. The Balaban J connectivity index is 2.16. The van der Waals surface area contributed by atoms with Crippen LogP contribution in [0.15, 0.2) is 6.07 Å². The standard InChI is InChI=1S/C11H16N2OS/c1-6(2)10(14)11-8(12)5-9(15-11)13-7-3-4-7/h5-7,13H,3-4,12H2,1-2H3. The summed E-state index contributed by atoms with van der Waals surface area (Å²) in [6.45, 7) is 3.80. The van der Waals surface area contributed by atoms with Gasteiger partial charge in [-0.1, -0.05) is 13.8 Å². The van der Waals surface area contributed by atoms with Crippen LogP contribution in [0.3, 0.4) is 0 Å². The molecular weight excluding hydrogens is 208 g/mol. The second kappa shape index (κ2) is 3.85. The molecule has 0 bridgehead atoms. The smallest absolute Gasteiger partial charge is 0.177 e. The molecule has 2 rings (SSSR count). The summed E-state index contributed by atoms with van der Waals surface area (Å²) in [6, 6.07) is 2.48. The van der Waals surface area contributed by atoms with Gasteiger partial charge in [0.25, 0.3) is 0 Å². The number of nitrogen functional groups attached to an aromatic ring is 1. The van der Waals surface area contributed by atoms with Gasteiger partial charge < -0.3 is 11.1 Å². The van der Waals surface area contributed by atoms with Crippen LogP contribution in [0.4, 0.5) is 10.7 Å². The monoisotopic (exact) mass is 224 g/mol. The highest BCUT2D eigenvalue weighted by Gasteiger charge is 2.23. The highest BCUT2D eigenvalue weighted by atomic mass is 32.1. The predicted molar refractivity (Wildman–Crippen MR) is 64.5 cm³/mol. The third-order valence-corrected chi connectivity index (χ3v) is 3.53. The molecule has 4 heteroatoms. The average molecular weight is 224 g/mol.